The third-order valence-electron chi connectivity index (χ3n) is 7.02. The van der Waals surface area contributed by atoms with E-state index in [0.717, 1.165) is 37.7 Å². The number of hydrogen-bond donors (Lipinski definition) is 0. The minimum atomic E-state index is 0.304. The molecule has 1 unspecified atom stereocenters. The predicted molar refractivity (Wildman–Crippen MR) is 137 cm³/mol. The van der Waals surface area contributed by atoms with Gasteiger partial charge in [0.2, 0.25) is 0 Å². The van der Waals surface area contributed by atoms with E-state index in [-0.39, 0.29) is 0 Å². The van der Waals surface area contributed by atoms with Crippen molar-refractivity contribution in [2.24, 2.45) is 0 Å². The molecule has 1 atom stereocenters. The van der Waals surface area contributed by atoms with E-state index in [9.17, 15) is 4.79 Å². The van der Waals surface area contributed by atoms with Gasteiger partial charge in [0.25, 0.3) is 0 Å². The van der Waals surface area contributed by atoms with Gasteiger partial charge < -0.3 is 0 Å². The molecule has 2 aromatic rings. The van der Waals surface area contributed by atoms with Gasteiger partial charge in [-0.1, -0.05) is 81.7 Å². The molecule has 0 radical (unpaired) electrons. The Bertz CT molecular complexity index is 1060. The van der Waals surface area contributed by atoms with E-state index in [1.807, 2.05) is 6.08 Å². The van der Waals surface area contributed by atoms with E-state index in [0.29, 0.717) is 18.1 Å². The van der Waals surface area contributed by atoms with Gasteiger partial charge in [-0.15, -0.1) is 6.58 Å². The molecule has 0 aliphatic heterocycles. The number of allylic oxidation sites excluding steroid dienone is 5. The van der Waals surface area contributed by atoms with Gasteiger partial charge in [-0.2, -0.15) is 0 Å². The Morgan fingerprint density at radius 3 is 2.50 bits per heavy atom. The highest BCUT2D eigenvalue weighted by atomic mass is 16.1. The van der Waals surface area contributed by atoms with Crippen LogP contribution >= 0.6 is 0 Å². The summed E-state index contributed by atoms with van der Waals surface area (Å²) in [7, 11) is 0. The Balaban J connectivity index is 0.000000444. The van der Waals surface area contributed by atoms with E-state index < -0.39 is 0 Å². The number of carbonyl (C=O) groups excluding carboxylic acids is 1. The van der Waals surface area contributed by atoms with Crippen molar-refractivity contribution in [2.45, 2.75) is 77.6 Å². The highest BCUT2D eigenvalue weighted by Crippen LogP contribution is 2.51. The molecule has 0 fully saturated rings. The summed E-state index contributed by atoms with van der Waals surface area (Å²) in [5, 5.41) is 0. The zero-order valence-electron chi connectivity index (χ0n) is 19.8. The second-order valence-electron chi connectivity index (χ2n) is 9.19. The molecule has 0 amide bonds. The van der Waals surface area contributed by atoms with E-state index in [1.54, 1.807) is 0 Å². The van der Waals surface area contributed by atoms with Crippen LogP contribution in [0.1, 0.15) is 104 Å². The van der Waals surface area contributed by atoms with Crippen LogP contribution in [-0.2, 0) is 6.42 Å². The minimum absolute atomic E-state index is 0.304. The monoisotopic (exact) mass is 424 g/mol. The van der Waals surface area contributed by atoms with Gasteiger partial charge in [0, 0.05) is 17.9 Å². The smallest absolute Gasteiger partial charge is 0.163 e. The van der Waals surface area contributed by atoms with Crippen LogP contribution in [0.4, 0.5) is 0 Å². The van der Waals surface area contributed by atoms with Crippen molar-refractivity contribution in [3.05, 3.63) is 89.0 Å². The first-order chi connectivity index (χ1) is 15.7. The summed E-state index contributed by atoms with van der Waals surface area (Å²) < 4.78 is 0. The van der Waals surface area contributed by atoms with Crippen LogP contribution in [0, 0.1) is 0 Å². The summed E-state index contributed by atoms with van der Waals surface area (Å²) in [5.41, 5.74) is 10.4. The van der Waals surface area contributed by atoms with Crippen LogP contribution in [0.5, 0.6) is 0 Å². The highest BCUT2D eigenvalue weighted by molar-refractivity contribution is 6.04. The SMILES string of the molecule is C=CCCC1c2ccc(C3=CCCC=C3)cc2-c2c1ccc1c2CCC1=O.CCCCC. The van der Waals surface area contributed by atoms with Gasteiger partial charge in [0.1, 0.15) is 0 Å². The number of benzene rings is 2. The molecule has 0 saturated heterocycles. The molecule has 0 saturated carbocycles. The quantitative estimate of drug-likeness (QED) is 0.423. The lowest BCUT2D eigenvalue weighted by Crippen LogP contribution is -1.98. The number of ketones is 1. The number of unbranched alkanes of at least 4 members (excludes halogenated alkanes) is 2. The molecule has 32 heavy (non-hydrogen) atoms. The topological polar surface area (TPSA) is 17.1 Å². The fourth-order valence-corrected chi connectivity index (χ4v) is 5.37. The van der Waals surface area contributed by atoms with E-state index >= 15 is 0 Å². The molecule has 0 spiro atoms. The largest absolute Gasteiger partial charge is 0.294 e. The Labute approximate surface area is 194 Å². The summed E-state index contributed by atoms with van der Waals surface area (Å²) in [6.45, 7) is 8.34. The molecule has 5 rings (SSSR count). The highest BCUT2D eigenvalue weighted by Gasteiger charge is 2.34. The standard InChI is InChI=1S/C26H24O.C5H12/c1-2-3-9-19-20-11-10-18(17-7-5-4-6-8-17)16-24(20)26-22(19)13-12-21-23(26)14-15-25(21)27;1-3-5-4-2/h2,5,7-8,10-13,16,19H,1,3-4,6,9,14-15H2;3-5H2,1-2H3. The van der Waals surface area contributed by atoms with Crippen molar-refractivity contribution in [1.29, 1.82) is 0 Å². The van der Waals surface area contributed by atoms with E-state index in [4.69, 9.17) is 0 Å². The molecule has 1 nitrogen and oxygen atoms in total. The third kappa shape index (κ3) is 4.31. The van der Waals surface area contributed by atoms with Crippen LogP contribution in [0.2, 0.25) is 0 Å². The second kappa shape index (κ2) is 10.3. The van der Waals surface area contributed by atoms with Crippen LogP contribution in [-0.4, -0.2) is 5.78 Å². The molecule has 0 bridgehead atoms. The molecule has 3 aliphatic carbocycles. The first-order valence-corrected chi connectivity index (χ1v) is 12.5. The molecule has 0 N–H and O–H groups in total. The molecule has 2 aromatic carbocycles. The minimum Gasteiger partial charge on any atom is -0.294 e. The van der Waals surface area contributed by atoms with Gasteiger partial charge in [0.15, 0.2) is 5.78 Å². The van der Waals surface area contributed by atoms with Gasteiger partial charge in [0.05, 0.1) is 0 Å². The Hall–Kier alpha value is -2.67. The number of Topliss-reactive ketones (excluding diaryl/α,β-unsaturated/α-hetero) is 1. The van der Waals surface area contributed by atoms with Crippen LogP contribution in [0.15, 0.2) is 61.2 Å². The molecule has 1 heteroatoms. The zero-order valence-corrected chi connectivity index (χ0v) is 19.8. The maximum absolute atomic E-state index is 12.3. The van der Waals surface area contributed by atoms with Gasteiger partial charge >= 0.3 is 0 Å². The summed E-state index contributed by atoms with van der Waals surface area (Å²) in [6.07, 6.45) is 18.8. The van der Waals surface area contributed by atoms with Crippen molar-refractivity contribution in [3.8, 4) is 11.1 Å². The van der Waals surface area contributed by atoms with Crippen molar-refractivity contribution < 1.29 is 4.79 Å². The third-order valence-corrected chi connectivity index (χ3v) is 7.02. The average Bonchev–Trinajstić information content (AvgIpc) is 3.36. The molecule has 0 heterocycles. The normalized spacial score (nSPS) is 17.8. The first-order valence-electron chi connectivity index (χ1n) is 12.5. The van der Waals surface area contributed by atoms with Crippen LogP contribution in [0.3, 0.4) is 0 Å². The summed E-state index contributed by atoms with van der Waals surface area (Å²) >= 11 is 0. The molecular formula is C31H36O. The molecule has 166 valence electrons. The lowest BCUT2D eigenvalue weighted by Gasteiger charge is -2.13. The average molecular weight is 425 g/mol. The molecule has 3 aliphatic rings. The molecule has 0 aromatic heterocycles. The molecular weight excluding hydrogens is 388 g/mol. The Morgan fingerprint density at radius 2 is 1.81 bits per heavy atom. The maximum Gasteiger partial charge on any atom is 0.163 e. The van der Waals surface area contributed by atoms with E-state index in [2.05, 4.69) is 69.0 Å². The van der Waals surface area contributed by atoms with Crippen molar-refractivity contribution in [1.82, 2.24) is 0 Å². The van der Waals surface area contributed by atoms with Crippen molar-refractivity contribution in [2.75, 3.05) is 0 Å². The number of rotatable bonds is 6. The van der Waals surface area contributed by atoms with Gasteiger partial charge in [-0.25, -0.2) is 0 Å². The number of carbonyl (C=O) groups is 1. The predicted octanol–water partition coefficient (Wildman–Crippen LogP) is 8.82. The van der Waals surface area contributed by atoms with Crippen LogP contribution in [0.25, 0.3) is 16.7 Å². The Kier molecular flexibility index (Phi) is 7.25. The van der Waals surface area contributed by atoms with Gasteiger partial charge in [-0.05, 0) is 77.1 Å². The first kappa shape index (κ1) is 22.5. The van der Waals surface area contributed by atoms with Crippen molar-refractivity contribution >= 4 is 11.4 Å². The maximum atomic E-state index is 12.3. The van der Waals surface area contributed by atoms with Crippen LogP contribution < -0.4 is 0 Å². The lowest BCUT2D eigenvalue weighted by atomic mass is 9.90. The Morgan fingerprint density at radius 1 is 1.00 bits per heavy atom. The van der Waals surface area contributed by atoms with Gasteiger partial charge in [-0.3, -0.25) is 4.79 Å². The fraction of sp³-hybridized carbons (Fsp3) is 0.387. The van der Waals surface area contributed by atoms with E-state index in [1.165, 1.54) is 58.2 Å². The van der Waals surface area contributed by atoms with Crippen molar-refractivity contribution in [3.63, 3.8) is 0 Å². The summed E-state index contributed by atoms with van der Waals surface area (Å²) in [4.78, 5) is 12.3. The summed E-state index contributed by atoms with van der Waals surface area (Å²) in [5.74, 6) is 0.719. The summed E-state index contributed by atoms with van der Waals surface area (Å²) in [6, 6.07) is 11.3. The fourth-order valence-electron chi connectivity index (χ4n) is 5.37. The second-order valence-corrected chi connectivity index (χ2v) is 9.19. The number of hydrogen-bond acceptors (Lipinski definition) is 1. The zero-order chi connectivity index (χ0) is 22.5. The number of fused-ring (bicyclic) bond motifs is 5. The lowest BCUT2D eigenvalue weighted by molar-refractivity contribution is 0.0994.